The number of nitrogens with one attached hydrogen (secondary N) is 1. The van der Waals surface area contributed by atoms with E-state index in [1.54, 1.807) is 12.1 Å². The molecule has 1 N–H and O–H groups in total. The zero-order valence-corrected chi connectivity index (χ0v) is 21.5. The van der Waals surface area contributed by atoms with Crippen molar-refractivity contribution >= 4 is 47.8 Å². The summed E-state index contributed by atoms with van der Waals surface area (Å²) >= 11 is 6.76. The van der Waals surface area contributed by atoms with Crippen LogP contribution in [-0.4, -0.2) is 31.7 Å². The summed E-state index contributed by atoms with van der Waals surface area (Å²) in [5.74, 6) is -0.355. The first-order chi connectivity index (χ1) is 15.3. The van der Waals surface area contributed by atoms with Crippen LogP contribution in [0.15, 0.2) is 92.7 Å². The van der Waals surface area contributed by atoms with E-state index in [2.05, 4.69) is 37.2 Å². The minimum atomic E-state index is -3.85. The third-order valence-electron chi connectivity index (χ3n) is 4.99. The number of benzene rings is 3. The average molecular weight is 580 g/mol. The van der Waals surface area contributed by atoms with Gasteiger partial charge in [-0.1, -0.05) is 74.3 Å². The monoisotopic (exact) mass is 578 g/mol. The van der Waals surface area contributed by atoms with Gasteiger partial charge in [-0.3, -0.25) is 4.79 Å². The number of carbonyl (C=O) groups excluding carboxylic acids is 1. The number of hydrogen-bond acceptors (Lipinski definition) is 3. The van der Waals surface area contributed by atoms with E-state index in [0.717, 1.165) is 20.1 Å². The Morgan fingerprint density at radius 2 is 1.62 bits per heavy atom. The van der Waals surface area contributed by atoms with Crippen molar-refractivity contribution in [3.63, 3.8) is 0 Å². The molecule has 0 aliphatic carbocycles. The molecule has 3 aromatic rings. The molecule has 0 fully saturated rings. The van der Waals surface area contributed by atoms with Gasteiger partial charge in [0, 0.05) is 15.5 Å². The van der Waals surface area contributed by atoms with Gasteiger partial charge < -0.3 is 5.32 Å². The smallest absolute Gasteiger partial charge is 0.243 e. The molecule has 0 unspecified atom stereocenters. The van der Waals surface area contributed by atoms with Crippen LogP contribution < -0.4 is 5.32 Å². The van der Waals surface area contributed by atoms with Gasteiger partial charge in [0.2, 0.25) is 15.9 Å². The molecule has 0 aliphatic rings. The molecular weight excluding hydrogens is 556 g/mol. The first kappa shape index (κ1) is 24.6. The Labute approximate surface area is 206 Å². The average Bonchev–Trinajstić information content (AvgIpc) is 2.77. The molecule has 5 nitrogen and oxygen atoms in total. The molecule has 3 rings (SSSR count). The fourth-order valence-corrected chi connectivity index (χ4v) is 5.32. The number of rotatable bonds is 9. The molecule has 0 aliphatic heterocycles. The lowest BCUT2D eigenvalue weighted by Crippen LogP contribution is -2.42. The van der Waals surface area contributed by atoms with Crippen LogP contribution in [0.25, 0.3) is 0 Å². The summed E-state index contributed by atoms with van der Waals surface area (Å²) < 4.78 is 29.6. The molecule has 1 amide bonds. The SMILES string of the molecule is C[C@@H](NC(=O)CN(CCc1ccccc1)S(=O)(=O)c1ccc(Br)cc1)c1cccc(Br)c1. The van der Waals surface area contributed by atoms with Gasteiger partial charge in [0.05, 0.1) is 17.5 Å². The Hall–Kier alpha value is -2.00. The predicted octanol–water partition coefficient (Wildman–Crippen LogP) is 5.32. The number of hydrogen-bond donors (Lipinski definition) is 1. The number of nitrogens with zero attached hydrogens (tertiary/aromatic N) is 1. The van der Waals surface area contributed by atoms with Crippen molar-refractivity contribution in [2.45, 2.75) is 24.3 Å². The Morgan fingerprint density at radius 3 is 2.28 bits per heavy atom. The Kier molecular flexibility index (Phi) is 8.64. The fraction of sp³-hybridized carbons (Fsp3) is 0.208. The van der Waals surface area contributed by atoms with Crippen LogP contribution in [0.5, 0.6) is 0 Å². The van der Waals surface area contributed by atoms with Crippen molar-refractivity contribution in [3.05, 3.63) is 98.9 Å². The van der Waals surface area contributed by atoms with Crippen molar-refractivity contribution in [2.24, 2.45) is 0 Å². The molecule has 0 spiro atoms. The molecule has 8 heteroatoms. The van der Waals surface area contributed by atoms with Crippen molar-refractivity contribution in [1.29, 1.82) is 0 Å². The van der Waals surface area contributed by atoms with Crippen molar-refractivity contribution in [1.82, 2.24) is 9.62 Å². The van der Waals surface area contributed by atoms with Gasteiger partial charge in [0.15, 0.2) is 0 Å². The van der Waals surface area contributed by atoms with Crippen molar-refractivity contribution in [2.75, 3.05) is 13.1 Å². The van der Waals surface area contributed by atoms with E-state index < -0.39 is 10.0 Å². The molecule has 0 heterocycles. The lowest BCUT2D eigenvalue weighted by atomic mass is 10.1. The van der Waals surface area contributed by atoms with Crippen LogP contribution in [0.1, 0.15) is 24.1 Å². The molecule has 0 aromatic heterocycles. The van der Waals surface area contributed by atoms with Crippen LogP contribution in [-0.2, 0) is 21.2 Å². The topological polar surface area (TPSA) is 66.5 Å². The van der Waals surface area contributed by atoms with Crippen LogP contribution in [0.2, 0.25) is 0 Å². The van der Waals surface area contributed by atoms with Gasteiger partial charge in [0.25, 0.3) is 0 Å². The summed E-state index contributed by atoms with van der Waals surface area (Å²) in [5.41, 5.74) is 1.94. The molecule has 3 aromatic carbocycles. The second-order valence-electron chi connectivity index (χ2n) is 7.37. The second kappa shape index (κ2) is 11.2. The highest BCUT2D eigenvalue weighted by atomic mass is 79.9. The summed E-state index contributed by atoms with van der Waals surface area (Å²) in [5, 5.41) is 2.91. The second-order valence-corrected chi connectivity index (χ2v) is 11.1. The summed E-state index contributed by atoms with van der Waals surface area (Å²) in [6, 6.07) is 23.5. The van der Waals surface area contributed by atoms with E-state index in [9.17, 15) is 13.2 Å². The van der Waals surface area contributed by atoms with Crippen molar-refractivity contribution < 1.29 is 13.2 Å². The molecule has 0 bridgehead atoms. The highest BCUT2D eigenvalue weighted by Crippen LogP contribution is 2.21. The summed E-state index contributed by atoms with van der Waals surface area (Å²) in [6.07, 6.45) is 0.505. The standard InChI is InChI=1S/C24H24Br2N2O3S/c1-18(20-8-5-9-22(26)16-20)27-24(29)17-28(15-14-19-6-3-2-4-7-19)32(30,31)23-12-10-21(25)11-13-23/h2-13,16,18H,14-15,17H2,1H3,(H,27,29)/t18-/m1/s1. The van der Waals surface area contributed by atoms with Crippen LogP contribution in [0, 0.1) is 0 Å². The maximum Gasteiger partial charge on any atom is 0.243 e. The summed E-state index contributed by atoms with van der Waals surface area (Å²) in [6.45, 7) is 1.81. The minimum absolute atomic E-state index is 0.154. The normalized spacial score (nSPS) is 12.5. The van der Waals surface area contributed by atoms with Crippen LogP contribution >= 0.6 is 31.9 Å². The van der Waals surface area contributed by atoms with Gasteiger partial charge in [-0.15, -0.1) is 0 Å². The molecule has 168 valence electrons. The predicted molar refractivity (Wildman–Crippen MR) is 134 cm³/mol. The third-order valence-corrected chi connectivity index (χ3v) is 7.87. The number of amides is 1. The zero-order valence-electron chi connectivity index (χ0n) is 17.5. The highest BCUT2D eigenvalue weighted by Gasteiger charge is 2.27. The highest BCUT2D eigenvalue weighted by molar-refractivity contribution is 9.10. The lowest BCUT2D eigenvalue weighted by Gasteiger charge is -2.23. The van der Waals surface area contributed by atoms with Crippen LogP contribution in [0.3, 0.4) is 0 Å². The molecule has 1 atom stereocenters. The summed E-state index contributed by atoms with van der Waals surface area (Å²) in [4.78, 5) is 13.0. The van der Waals surface area contributed by atoms with Gasteiger partial charge in [-0.25, -0.2) is 8.42 Å². The van der Waals surface area contributed by atoms with E-state index in [1.165, 1.54) is 16.4 Å². The minimum Gasteiger partial charge on any atom is -0.348 e. The zero-order chi connectivity index (χ0) is 23.1. The fourth-order valence-electron chi connectivity index (χ4n) is 3.24. The Bertz CT molecular complexity index is 1150. The number of carbonyl (C=O) groups is 1. The largest absolute Gasteiger partial charge is 0.348 e. The van der Waals surface area contributed by atoms with Gasteiger partial charge in [-0.2, -0.15) is 4.31 Å². The van der Waals surface area contributed by atoms with E-state index in [4.69, 9.17) is 0 Å². The molecule has 0 saturated heterocycles. The van der Waals surface area contributed by atoms with Crippen LogP contribution in [0.4, 0.5) is 0 Å². The molecular formula is C24H24Br2N2O3S. The third kappa shape index (κ3) is 6.75. The first-order valence-corrected chi connectivity index (χ1v) is 13.1. The number of halogens is 2. The van der Waals surface area contributed by atoms with Gasteiger partial charge in [-0.05, 0) is 60.9 Å². The molecule has 32 heavy (non-hydrogen) atoms. The van der Waals surface area contributed by atoms with Gasteiger partial charge >= 0.3 is 0 Å². The lowest BCUT2D eigenvalue weighted by molar-refractivity contribution is -0.121. The quantitative estimate of drug-likeness (QED) is 0.373. The Morgan fingerprint density at radius 1 is 0.938 bits per heavy atom. The van der Waals surface area contributed by atoms with Gasteiger partial charge in [0.1, 0.15) is 0 Å². The maximum absolute atomic E-state index is 13.3. The van der Waals surface area contributed by atoms with E-state index in [1.807, 2.05) is 61.5 Å². The number of sulfonamides is 1. The molecule has 0 radical (unpaired) electrons. The Balaban J connectivity index is 1.78. The van der Waals surface area contributed by atoms with E-state index >= 15 is 0 Å². The van der Waals surface area contributed by atoms with E-state index in [0.29, 0.717) is 6.42 Å². The van der Waals surface area contributed by atoms with E-state index in [-0.39, 0.29) is 29.9 Å². The summed E-state index contributed by atoms with van der Waals surface area (Å²) in [7, 11) is -3.85. The van der Waals surface area contributed by atoms with Crippen molar-refractivity contribution in [3.8, 4) is 0 Å². The maximum atomic E-state index is 13.3. The molecule has 0 saturated carbocycles. The first-order valence-electron chi connectivity index (χ1n) is 10.1.